The van der Waals surface area contributed by atoms with Gasteiger partial charge in [0, 0.05) is 31.7 Å². The molecule has 0 saturated carbocycles. The van der Waals surface area contributed by atoms with Crippen LogP contribution in [0.25, 0.3) is 0 Å². The number of benzene rings is 1. The average molecular weight is 239 g/mol. The van der Waals surface area contributed by atoms with Crippen LogP contribution in [0.4, 0.5) is 0 Å². The lowest BCUT2D eigenvalue weighted by Crippen LogP contribution is -2.23. The van der Waals surface area contributed by atoms with Crippen molar-refractivity contribution in [3.63, 3.8) is 0 Å². The highest BCUT2D eigenvalue weighted by Gasteiger charge is 2.00. The van der Waals surface area contributed by atoms with Crippen LogP contribution in [0, 0.1) is 5.92 Å². The predicted molar refractivity (Wildman–Crippen MR) is 71.0 cm³/mol. The molecule has 3 heteroatoms. The van der Waals surface area contributed by atoms with E-state index in [4.69, 9.17) is 4.74 Å². The van der Waals surface area contributed by atoms with Crippen LogP contribution in [-0.2, 0) is 11.3 Å². The Morgan fingerprint density at radius 2 is 2.00 bits per heavy atom. The normalized spacial score (nSPS) is 12.7. The number of hydrogen-bond acceptors (Lipinski definition) is 3. The van der Waals surface area contributed by atoms with Crippen LogP contribution in [0.3, 0.4) is 0 Å². The summed E-state index contributed by atoms with van der Waals surface area (Å²) in [5.74, 6) is 0.565. The molecule has 0 aliphatic carbocycles. The van der Waals surface area contributed by atoms with E-state index in [9.17, 15) is 0 Å². The van der Waals surface area contributed by atoms with Crippen LogP contribution in [0.15, 0.2) is 29.2 Å². The Bertz CT molecular complexity index is 286. The third kappa shape index (κ3) is 5.01. The molecule has 0 aliphatic heterocycles. The van der Waals surface area contributed by atoms with Gasteiger partial charge in [0.05, 0.1) is 0 Å². The van der Waals surface area contributed by atoms with Gasteiger partial charge >= 0.3 is 0 Å². The molecule has 2 nitrogen and oxygen atoms in total. The molecule has 0 heterocycles. The first-order valence-electron chi connectivity index (χ1n) is 5.59. The second-order valence-corrected chi connectivity index (χ2v) is 4.92. The molecule has 0 aliphatic rings. The van der Waals surface area contributed by atoms with Crippen molar-refractivity contribution in [2.75, 3.05) is 26.5 Å². The fourth-order valence-electron chi connectivity index (χ4n) is 1.55. The molecule has 1 rings (SSSR count). The molecule has 0 aromatic heterocycles. The SMILES string of the molecule is COCC(C)CNCc1ccc(SC)cc1. The quantitative estimate of drug-likeness (QED) is 0.739. The van der Waals surface area contributed by atoms with Crippen molar-refractivity contribution in [1.29, 1.82) is 0 Å². The number of nitrogens with one attached hydrogen (secondary N) is 1. The predicted octanol–water partition coefficient (Wildman–Crippen LogP) is 2.78. The third-order valence-corrected chi connectivity index (χ3v) is 3.18. The molecule has 0 fully saturated rings. The smallest absolute Gasteiger partial charge is 0.0499 e. The molecule has 1 N–H and O–H groups in total. The maximum absolute atomic E-state index is 5.09. The van der Waals surface area contributed by atoms with Crippen molar-refractivity contribution in [2.24, 2.45) is 5.92 Å². The Morgan fingerprint density at radius 1 is 1.31 bits per heavy atom. The molecule has 0 radical (unpaired) electrons. The summed E-state index contributed by atoms with van der Waals surface area (Å²) < 4.78 is 5.09. The highest BCUT2D eigenvalue weighted by Crippen LogP contribution is 2.14. The maximum atomic E-state index is 5.09. The third-order valence-electron chi connectivity index (χ3n) is 2.43. The van der Waals surface area contributed by atoms with E-state index in [-0.39, 0.29) is 0 Å². The van der Waals surface area contributed by atoms with Gasteiger partial charge in [-0.3, -0.25) is 0 Å². The van der Waals surface area contributed by atoms with Crippen LogP contribution in [-0.4, -0.2) is 26.5 Å². The average Bonchev–Trinajstić information content (AvgIpc) is 2.30. The molecule has 0 saturated heterocycles. The first-order valence-corrected chi connectivity index (χ1v) is 6.81. The summed E-state index contributed by atoms with van der Waals surface area (Å²) in [6.45, 7) is 4.94. The Hall–Kier alpha value is -0.510. The van der Waals surface area contributed by atoms with Gasteiger partial charge in [-0.1, -0.05) is 19.1 Å². The zero-order chi connectivity index (χ0) is 11.8. The number of hydrogen-bond donors (Lipinski definition) is 1. The van der Waals surface area contributed by atoms with Gasteiger partial charge in [0.2, 0.25) is 0 Å². The second-order valence-electron chi connectivity index (χ2n) is 4.04. The highest BCUT2D eigenvalue weighted by atomic mass is 32.2. The number of methoxy groups -OCH3 is 1. The van der Waals surface area contributed by atoms with Crippen molar-refractivity contribution < 1.29 is 4.74 Å². The van der Waals surface area contributed by atoms with Gasteiger partial charge in [0.25, 0.3) is 0 Å². The van der Waals surface area contributed by atoms with Crippen molar-refractivity contribution in [2.45, 2.75) is 18.4 Å². The molecule has 0 amide bonds. The molecule has 1 aromatic rings. The summed E-state index contributed by atoms with van der Waals surface area (Å²) in [5, 5.41) is 3.44. The molecular weight excluding hydrogens is 218 g/mol. The van der Waals surface area contributed by atoms with E-state index in [0.717, 1.165) is 19.7 Å². The summed E-state index contributed by atoms with van der Waals surface area (Å²) in [6, 6.07) is 8.69. The summed E-state index contributed by atoms with van der Waals surface area (Å²) in [6.07, 6.45) is 2.10. The lowest BCUT2D eigenvalue weighted by Gasteiger charge is -2.11. The topological polar surface area (TPSA) is 21.3 Å². The van der Waals surface area contributed by atoms with E-state index >= 15 is 0 Å². The second kappa shape index (κ2) is 7.71. The highest BCUT2D eigenvalue weighted by molar-refractivity contribution is 7.98. The summed E-state index contributed by atoms with van der Waals surface area (Å²) in [7, 11) is 1.75. The number of thioether (sulfide) groups is 1. The van der Waals surface area contributed by atoms with Crippen molar-refractivity contribution in [3.05, 3.63) is 29.8 Å². The fourth-order valence-corrected chi connectivity index (χ4v) is 1.96. The van der Waals surface area contributed by atoms with Crippen molar-refractivity contribution in [3.8, 4) is 0 Å². The fraction of sp³-hybridized carbons (Fsp3) is 0.538. The lowest BCUT2D eigenvalue weighted by molar-refractivity contribution is 0.158. The Kier molecular flexibility index (Phi) is 6.53. The molecule has 90 valence electrons. The monoisotopic (exact) mass is 239 g/mol. The molecule has 1 aromatic carbocycles. The minimum atomic E-state index is 0.565. The summed E-state index contributed by atoms with van der Waals surface area (Å²) in [4.78, 5) is 1.32. The van der Waals surface area contributed by atoms with Gasteiger partial charge in [-0.2, -0.15) is 0 Å². The van der Waals surface area contributed by atoms with Crippen LogP contribution in [0.2, 0.25) is 0 Å². The van der Waals surface area contributed by atoms with Crippen LogP contribution < -0.4 is 5.32 Å². The minimum Gasteiger partial charge on any atom is -0.384 e. The summed E-state index contributed by atoms with van der Waals surface area (Å²) >= 11 is 1.78. The van der Waals surface area contributed by atoms with Crippen molar-refractivity contribution >= 4 is 11.8 Å². The lowest BCUT2D eigenvalue weighted by atomic mass is 10.2. The molecule has 1 unspecified atom stereocenters. The van der Waals surface area contributed by atoms with E-state index < -0.39 is 0 Å². The van der Waals surface area contributed by atoms with Gasteiger partial charge < -0.3 is 10.1 Å². The first kappa shape index (κ1) is 13.6. The van der Waals surface area contributed by atoms with Crippen molar-refractivity contribution in [1.82, 2.24) is 5.32 Å². The Balaban J connectivity index is 2.26. The molecule has 1 atom stereocenters. The van der Waals surface area contributed by atoms with Gasteiger partial charge in [-0.15, -0.1) is 11.8 Å². The standard InChI is InChI=1S/C13H21NOS/c1-11(10-15-2)8-14-9-12-4-6-13(16-3)7-5-12/h4-7,11,14H,8-10H2,1-3H3. The Morgan fingerprint density at radius 3 is 2.56 bits per heavy atom. The molecule has 0 bridgehead atoms. The molecular formula is C13H21NOS. The number of rotatable bonds is 7. The first-order chi connectivity index (χ1) is 7.76. The number of ether oxygens (including phenoxy) is 1. The molecule has 0 spiro atoms. The van der Waals surface area contributed by atoms with Gasteiger partial charge in [-0.25, -0.2) is 0 Å². The van der Waals surface area contributed by atoms with E-state index in [2.05, 4.69) is 42.8 Å². The largest absolute Gasteiger partial charge is 0.384 e. The maximum Gasteiger partial charge on any atom is 0.0499 e. The summed E-state index contributed by atoms with van der Waals surface area (Å²) in [5.41, 5.74) is 1.34. The zero-order valence-corrected chi connectivity index (χ0v) is 11.1. The van der Waals surface area contributed by atoms with E-state index in [1.807, 2.05) is 0 Å². The van der Waals surface area contributed by atoms with Gasteiger partial charge in [0.1, 0.15) is 0 Å². The van der Waals surface area contributed by atoms with Crippen LogP contribution >= 0.6 is 11.8 Å². The van der Waals surface area contributed by atoms with E-state index in [1.54, 1.807) is 18.9 Å². The van der Waals surface area contributed by atoms with E-state index in [0.29, 0.717) is 5.92 Å². The van der Waals surface area contributed by atoms with Crippen LogP contribution in [0.5, 0.6) is 0 Å². The van der Waals surface area contributed by atoms with Gasteiger partial charge in [-0.05, 0) is 29.9 Å². The van der Waals surface area contributed by atoms with E-state index in [1.165, 1.54) is 10.5 Å². The minimum absolute atomic E-state index is 0.565. The van der Waals surface area contributed by atoms with Crippen LogP contribution in [0.1, 0.15) is 12.5 Å². The van der Waals surface area contributed by atoms with Gasteiger partial charge in [0.15, 0.2) is 0 Å². The Labute approximate surface area is 103 Å². The zero-order valence-electron chi connectivity index (χ0n) is 10.3. The molecule has 16 heavy (non-hydrogen) atoms.